The number of benzene rings is 1. The number of carbonyl (C=O) groups excluding carboxylic acids is 1. The lowest BCUT2D eigenvalue weighted by molar-refractivity contribution is -0.116. The van der Waals surface area contributed by atoms with Crippen LogP contribution in [0.25, 0.3) is 0 Å². The average Bonchev–Trinajstić information content (AvgIpc) is 2.89. The molecule has 0 saturated carbocycles. The quantitative estimate of drug-likeness (QED) is 0.896. The summed E-state index contributed by atoms with van der Waals surface area (Å²) in [6, 6.07) is 8.30. The van der Waals surface area contributed by atoms with Gasteiger partial charge in [0.15, 0.2) is 0 Å². The molecule has 1 aromatic heterocycles. The van der Waals surface area contributed by atoms with E-state index in [0.717, 1.165) is 6.07 Å². The van der Waals surface area contributed by atoms with Crippen molar-refractivity contribution >= 4 is 17.6 Å². The van der Waals surface area contributed by atoms with E-state index in [4.69, 9.17) is 10.4 Å². The lowest BCUT2D eigenvalue weighted by atomic mass is 10.2. The second-order valence-electron chi connectivity index (χ2n) is 4.18. The molecule has 0 saturated heterocycles. The molecule has 0 bridgehead atoms. The fourth-order valence-corrected chi connectivity index (χ4v) is 1.78. The molecule has 2 aromatic rings. The van der Waals surface area contributed by atoms with E-state index in [1.54, 1.807) is 6.07 Å². The monoisotopic (exact) mass is 287 g/mol. The number of halogens is 1. The first-order valence-corrected chi connectivity index (χ1v) is 5.89. The Bertz CT molecular complexity index is 746. The molecule has 0 atom stereocenters. The van der Waals surface area contributed by atoms with Crippen LogP contribution < -0.4 is 5.32 Å². The zero-order valence-electron chi connectivity index (χ0n) is 10.7. The van der Waals surface area contributed by atoms with Crippen molar-refractivity contribution in [3.8, 4) is 6.07 Å². The van der Waals surface area contributed by atoms with Gasteiger partial charge in [-0.3, -0.25) is 4.79 Å². The van der Waals surface area contributed by atoms with Gasteiger partial charge in [-0.05, 0) is 30.3 Å². The normalized spacial score (nSPS) is 9.90. The summed E-state index contributed by atoms with van der Waals surface area (Å²) < 4.78 is 14.9. The summed E-state index contributed by atoms with van der Waals surface area (Å²) in [5.74, 6) is -2.46. The van der Waals surface area contributed by atoms with Gasteiger partial charge in [0.2, 0.25) is 5.91 Å². The SMILES string of the molecule is N#Cc1ccc(NC(=O)Cn2cccc2C(=O)O)c(F)c1. The largest absolute Gasteiger partial charge is 0.477 e. The van der Waals surface area contributed by atoms with Crippen LogP contribution in [0, 0.1) is 17.1 Å². The summed E-state index contributed by atoms with van der Waals surface area (Å²) in [6.45, 7) is -0.256. The molecule has 1 amide bonds. The molecule has 0 radical (unpaired) electrons. The summed E-state index contributed by atoms with van der Waals surface area (Å²) in [7, 11) is 0. The number of amides is 1. The molecule has 106 valence electrons. The number of nitriles is 1. The van der Waals surface area contributed by atoms with Crippen molar-refractivity contribution < 1.29 is 19.1 Å². The number of carboxylic acids is 1. The van der Waals surface area contributed by atoms with Gasteiger partial charge in [0.25, 0.3) is 0 Å². The fourth-order valence-electron chi connectivity index (χ4n) is 1.78. The standard InChI is InChI=1S/C14H10FN3O3/c15-10-6-9(7-16)3-4-11(10)17-13(19)8-18-5-1-2-12(18)14(20)21/h1-6H,8H2,(H,17,19)(H,20,21). The third-order valence-electron chi connectivity index (χ3n) is 2.73. The van der Waals surface area contributed by atoms with Crippen molar-refractivity contribution in [2.45, 2.75) is 6.54 Å². The van der Waals surface area contributed by atoms with Crippen molar-refractivity contribution in [1.82, 2.24) is 4.57 Å². The van der Waals surface area contributed by atoms with E-state index in [-0.39, 0.29) is 23.5 Å². The first kappa shape index (κ1) is 14.3. The van der Waals surface area contributed by atoms with Gasteiger partial charge in [-0.25, -0.2) is 9.18 Å². The number of carbonyl (C=O) groups is 2. The van der Waals surface area contributed by atoms with Crippen LogP contribution in [0.1, 0.15) is 16.1 Å². The molecule has 1 aromatic carbocycles. The Morgan fingerprint density at radius 2 is 2.14 bits per heavy atom. The molecule has 2 N–H and O–H groups in total. The summed E-state index contributed by atoms with van der Waals surface area (Å²) in [5.41, 5.74) is 0.0394. The van der Waals surface area contributed by atoms with E-state index >= 15 is 0 Å². The van der Waals surface area contributed by atoms with Crippen molar-refractivity contribution in [2.24, 2.45) is 0 Å². The number of nitrogens with one attached hydrogen (secondary N) is 1. The van der Waals surface area contributed by atoms with E-state index < -0.39 is 17.7 Å². The van der Waals surface area contributed by atoms with Crippen LogP contribution in [0.3, 0.4) is 0 Å². The third kappa shape index (κ3) is 3.25. The Morgan fingerprint density at radius 3 is 2.76 bits per heavy atom. The van der Waals surface area contributed by atoms with Gasteiger partial charge in [0.05, 0.1) is 17.3 Å². The number of anilines is 1. The maximum Gasteiger partial charge on any atom is 0.352 e. The fraction of sp³-hybridized carbons (Fsp3) is 0.0714. The second kappa shape index (κ2) is 5.88. The van der Waals surface area contributed by atoms with Gasteiger partial charge in [0.1, 0.15) is 18.1 Å². The van der Waals surface area contributed by atoms with Crippen molar-refractivity contribution in [2.75, 3.05) is 5.32 Å². The van der Waals surface area contributed by atoms with Gasteiger partial charge < -0.3 is 15.0 Å². The molecule has 7 heteroatoms. The zero-order chi connectivity index (χ0) is 15.4. The highest BCUT2D eigenvalue weighted by molar-refractivity contribution is 5.92. The molecular weight excluding hydrogens is 277 g/mol. The summed E-state index contributed by atoms with van der Waals surface area (Å²) in [5, 5.41) is 19.9. The van der Waals surface area contributed by atoms with Gasteiger partial charge in [-0.1, -0.05) is 0 Å². The number of hydrogen-bond acceptors (Lipinski definition) is 3. The Labute approximate surface area is 119 Å². The highest BCUT2D eigenvalue weighted by atomic mass is 19.1. The molecule has 0 spiro atoms. The van der Waals surface area contributed by atoms with Gasteiger partial charge in [-0.2, -0.15) is 5.26 Å². The first-order chi connectivity index (χ1) is 10.0. The Hall–Kier alpha value is -3.14. The van der Waals surface area contributed by atoms with Crippen LogP contribution in [0.4, 0.5) is 10.1 Å². The average molecular weight is 287 g/mol. The van der Waals surface area contributed by atoms with Crippen molar-refractivity contribution in [1.29, 1.82) is 5.26 Å². The topological polar surface area (TPSA) is 95.1 Å². The highest BCUT2D eigenvalue weighted by Crippen LogP contribution is 2.15. The number of aromatic nitrogens is 1. The minimum Gasteiger partial charge on any atom is -0.477 e. The number of aromatic carboxylic acids is 1. The van der Waals surface area contributed by atoms with E-state index in [2.05, 4.69) is 5.32 Å². The van der Waals surface area contributed by atoms with Crippen molar-refractivity contribution in [3.05, 3.63) is 53.6 Å². The number of carboxylic acid groups (broad SMARTS) is 1. The van der Waals surface area contributed by atoms with Crippen LogP contribution in [-0.4, -0.2) is 21.6 Å². The Balaban J connectivity index is 2.10. The minimum atomic E-state index is -1.16. The van der Waals surface area contributed by atoms with Gasteiger partial charge in [0, 0.05) is 6.20 Å². The Kier molecular flexibility index (Phi) is 4.00. The molecule has 21 heavy (non-hydrogen) atoms. The van der Waals surface area contributed by atoms with Crippen LogP contribution in [-0.2, 0) is 11.3 Å². The highest BCUT2D eigenvalue weighted by Gasteiger charge is 2.13. The van der Waals surface area contributed by atoms with E-state index in [9.17, 15) is 14.0 Å². The van der Waals surface area contributed by atoms with Crippen molar-refractivity contribution in [3.63, 3.8) is 0 Å². The smallest absolute Gasteiger partial charge is 0.352 e. The summed E-state index contributed by atoms with van der Waals surface area (Å²) in [6.07, 6.45) is 1.44. The predicted octanol–water partition coefficient (Wildman–Crippen LogP) is 1.84. The molecule has 0 unspecified atom stereocenters. The summed E-state index contributed by atoms with van der Waals surface area (Å²) in [4.78, 5) is 22.7. The molecule has 0 aliphatic rings. The molecule has 1 heterocycles. The number of nitrogens with zero attached hydrogens (tertiary/aromatic N) is 2. The lowest BCUT2D eigenvalue weighted by Gasteiger charge is -2.08. The maximum absolute atomic E-state index is 13.6. The number of hydrogen-bond donors (Lipinski definition) is 2. The maximum atomic E-state index is 13.6. The van der Waals surface area contributed by atoms with E-state index in [1.807, 2.05) is 0 Å². The van der Waals surface area contributed by atoms with Gasteiger partial charge >= 0.3 is 5.97 Å². The van der Waals surface area contributed by atoms with Crippen LogP contribution >= 0.6 is 0 Å². The molecule has 0 aliphatic carbocycles. The predicted molar refractivity (Wildman–Crippen MR) is 71.1 cm³/mol. The van der Waals surface area contributed by atoms with E-state index in [0.29, 0.717) is 0 Å². The van der Waals surface area contributed by atoms with Crippen LogP contribution in [0.15, 0.2) is 36.5 Å². The van der Waals surface area contributed by atoms with E-state index in [1.165, 1.54) is 35.0 Å². The third-order valence-corrected chi connectivity index (χ3v) is 2.73. The van der Waals surface area contributed by atoms with Crippen LogP contribution in [0.2, 0.25) is 0 Å². The molecule has 0 fully saturated rings. The summed E-state index contributed by atoms with van der Waals surface area (Å²) >= 11 is 0. The molecule has 2 rings (SSSR count). The zero-order valence-corrected chi connectivity index (χ0v) is 10.7. The number of rotatable bonds is 4. The molecule has 6 nitrogen and oxygen atoms in total. The van der Waals surface area contributed by atoms with Gasteiger partial charge in [-0.15, -0.1) is 0 Å². The second-order valence-corrected chi connectivity index (χ2v) is 4.18. The van der Waals surface area contributed by atoms with Crippen LogP contribution in [0.5, 0.6) is 0 Å². The first-order valence-electron chi connectivity index (χ1n) is 5.89. The Morgan fingerprint density at radius 1 is 1.38 bits per heavy atom. The molecule has 0 aliphatic heterocycles. The lowest BCUT2D eigenvalue weighted by Crippen LogP contribution is -2.21. The molecular formula is C14H10FN3O3. The minimum absolute atomic E-state index is 0.0366.